The zero-order valence-electron chi connectivity index (χ0n) is 8.49. The number of benzene rings is 1. The van der Waals surface area contributed by atoms with Crippen molar-refractivity contribution < 1.29 is 13.2 Å². The highest BCUT2D eigenvalue weighted by molar-refractivity contribution is 7.08. The summed E-state index contributed by atoms with van der Waals surface area (Å²) >= 11 is 1.41. The number of hydrogen-bond acceptors (Lipinski definition) is 2. The minimum atomic E-state index is -1.21. The van der Waals surface area contributed by atoms with Crippen LogP contribution in [-0.2, 0) is 0 Å². The molecule has 92 valence electrons. The molecular formula is C11H9ClF3NS. The summed E-state index contributed by atoms with van der Waals surface area (Å²) in [6.45, 7) is 0. The van der Waals surface area contributed by atoms with Gasteiger partial charge < -0.3 is 5.73 Å². The van der Waals surface area contributed by atoms with Crippen molar-refractivity contribution in [3.8, 4) is 0 Å². The van der Waals surface area contributed by atoms with Crippen molar-refractivity contribution in [3.63, 3.8) is 0 Å². The molecule has 0 amide bonds. The third-order valence-electron chi connectivity index (χ3n) is 2.28. The van der Waals surface area contributed by atoms with Crippen molar-refractivity contribution in [2.75, 3.05) is 0 Å². The lowest BCUT2D eigenvalue weighted by molar-refractivity contribution is 0.488. The Morgan fingerprint density at radius 2 is 1.71 bits per heavy atom. The minimum Gasteiger partial charge on any atom is -0.320 e. The highest BCUT2D eigenvalue weighted by Crippen LogP contribution is 2.25. The van der Waals surface area contributed by atoms with Crippen LogP contribution in [0.15, 0.2) is 29.0 Å². The van der Waals surface area contributed by atoms with Crippen LogP contribution in [0.1, 0.15) is 17.2 Å². The van der Waals surface area contributed by atoms with Gasteiger partial charge in [-0.3, -0.25) is 0 Å². The molecule has 2 aromatic rings. The molecule has 0 radical (unpaired) electrons. The molecule has 1 aromatic heterocycles. The third kappa shape index (κ3) is 2.80. The molecule has 0 aliphatic rings. The molecular weight excluding hydrogens is 271 g/mol. The summed E-state index contributed by atoms with van der Waals surface area (Å²) in [6, 6.07) is 2.25. The van der Waals surface area contributed by atoms with Gasteiger partial charge >= 0.3 is 0 Å². The maximum atomic E-state index is 13.4. The van der Waals surface area contributed by atoms with Gasteiger partial charge in [0.1, 0.15) is 5.82 Å². The van der Waals surface area contributed by atoms with Gasteiger partial charge in [-0.2, -0.15) is 11.3 Å². The van der Waals surface area contributed by atoms with E-state index in [1.54, 1.807) is 16.8 Å². The van der Waals surface area contributed by atoms with E-state index < -0.39 is 23.5 Å². The second kappa shape index (κ2) is 5.53. The summed E-state index contributed by atoms with van der Waals surface area (Å²) in [4.78, 5) is 0. The normalized spacial score (nSPS) is 12.0. The average Bonchev–Trinajstić information content (AvgIpc) is 2.75. The first-order valence-corrected chi connectivity index (χ1v) is 5.46. The Balaban J connectivity index is 0.00000144. The Morgan fingerprint density at radius 3 is 2.29 bits per heavy atom. The van der Waals surface area contributed by atoms with E-state index in [2.05, 4.69) is 0 Å². The van der Waals surface area contributed by atoms with Crippen LogP contribution < -0.4 is 5.73 Å². The molecule has 0 spiro atoms. The second-order valence-corrected chi connectivity index (χ2v) is 4.10. The molecule has 0 saturated carbocycles. The van der Waals surface area contributed by atoms with E-state index in [1.165, 1.54) is 11.3 Å². The molecule has 0 saturated heterocycles. The van der Waals surface area contributed by atoms with Crippen LogP contribution in [0.3, 0.4) is 0 Å². The van der Waals surface area contributed by atoms with E-state index in [1.807, 2.05) is 0 Å². The van der Waals surface area contributed by atoms with Crippen LogP contribution in [0, 0.1) is 17.5 Å². The summed E-state index contributed by atoms with van der Waals surface area (Å²) < 4.78 is 39.1. The van der Waals surface area contributed by atoms with Gasteiger partial charge in [-0.25, -0.2) is 13.2 Å². The predicted molar refractivity (Wildman–Crippen MR) is 63.9 cm³/mol. The van der Waals surface area contributed by atoms with Crippen LogP contribution in [0.2, 0.25) is 0 Å². The van der Waals surface area contributed by atoms with Crippen molar-refractivity contribution in [1.29, 1.82) is 0 Å². The molecule has 17 heavy (non-hydrogen) atoms. The predicted octanol–water partition coefficient (Wildman–Crippen LogP) is 3.64. The summed E-state index contributed by atoms with van der Waals surface area (Å²) in [7, 11) is 0. The maximum absolute atomic E-state index is 13.4. The zero-order chi connectivity index (χ0) is 11.7. The van der Waals surface area contributed by atoms with Gasteiger partial charge in [0.05, 0.1) is 6.04 Å². The first-order chi connectivity index (χ1) is 7.59. The molecule has 2 rings (SSSR count). The standard InChI is InChI=1S/C11H8F3NS.ClH/c12-8-4-10(14)9(13)3-7(8)11(15)6-1-2-16-5-6;/h1-5,11H,15H2;1H/t11-;/m1./s1. The third-order valence-corrected chi connectivity index (χ3v) is 2.98. The average molecular weight is 280 g/mol. The molecule has 1 atom stereocenters. The van der Waals surface area contributed by atoms with Gasteiger partial charge in [0.2, 0.25) is 0 Å². The Labute approximate surface area is 106 Å². The summed E-state index contributed by atoms with van der Waals surface area (Å²) in [5.74, 6) is -3.14. The fourth-order valence-electron chi connectivity index (χ4n) is 1.41. The molecule has 6 heteroatoms. The number of rotatable bonds is 2. The van der Waals surface area contributed by atoms with Crippen LogP contribution in [0.5, 0.6) is 0 Å². The van der Waals surface area contributed by atoms with Crippen molar-refractivity contribution in [3.05, 3.63) is 57.5 Å². The number of nitrogens with two attached hydrogens (primary N) is 1. The number of halogens is 4. The Hall–Kier alpha value is -1.04. The quantitative estimate of drug-likeness (QED) is 0.835. The number of thiophene rings is 1. The van der Waals surface area contributed by atoms with Crippen LogP contribution in [-0.4, -0.2) is 0 Å². The smallest absolute Gasteiger partial charge is 0.161 e. The zero-order valence-corrected chi connectivity index (χ0v) is 10.1. The SMILES string of the molecule is Cl.N[C@H](c1ccsc1)c1cc(F)c(F)cc1F. The van der Waals surface area contributed by atoms with Crippen molar-refractivity contribution in [2.45, 2.75) is 6.04 Å². The Kier molecular flexibility index (Phi) is 4.56. The van der Waals surface area contributed by atoms with Crippen LogP contribution in [0.25, 0.3) is 0 Å². The second-order valence-electron chi connectivity index (χ2n) is 3.32. The Morgan fingerprint density at radius 1 is 1.06 bits per heavy atom. The van der Waals surface area contributed by atoms with Gasteiger partial charge in [0.15, 0.2) is 11.6 Å². The van der Waals surface area contributed by atoms with Crippen molar-refractivity contribution in [1.82, 2.24) is 0 Å². The van der Waals surface area contributed by atoms with Gasteiger partial charge in [0, 0.05) is 11.6 Å². The Bertz CT molecular complexity index is 502. The lowest BCUT2D eigenvalue weighted by Crippen LogP contribution is -2.13. The fraction of sp³-hybridized carbons (Fsp3) is 0.0909. The summed E-state index contributed by atoms with van der Waals surface area (Å²) in [6.07, 6.45) is 0. The monoisotopic (exact) mass is 279 g/mol. The maximum Gasteiger partial charge on any atom is 0.161 e. The van der Waals surface area contributed by atoms with Gasteiger partial charge in [-0.05, 0) is 28.5 Å². The largest absolute Gasteiger partial charge is 0.320 e. The molecule has 1 heterocycles. The van der Waals surface area contributed by atoms with E-state index in [9.17, 15) is 13.2 Å². The van der Waals surface area contributed by atoms with E-state index in [-0.39, 0.29) is 18.0 Å². The van der Waals surface area contributed by atoms with E-state index in [0.29, 0.717) is 11.6 Å². The van der Waals surface area contributed by atoms with Crippen molar-refractivity contribution in [2.24, 2.45) is 5.73 Å². The molecule has 0 unspecified atom stereocenters. The highest BCUT2D eigenvalue weighted by Gasteiger charge is 2.17. The van der Waals surface area contributed by atoms with E-state index in [0.717, 1.165) is 6.07 Å². The highest BCUT2D eigenvalue weighted by atomic mass is 35.5. The summed E-state index contributed by atoms with van der Waals surface area (Å²) in [5, 5.41) is 3.53. The lowest BCUT2D eigenvalue weighted by Gasteiger charge is -2.11. The minimum absolute atomic E-state index is 0. The molecule has 0 aliphatic carbocycles. The molecule has 1 aromatic carbocycles. The first kappa shape index (κ1) is 14.0. The topological polar surface area (TPSA) is 26.0 Å². The lowest BCUT2D eigenvalue weighted by atomic mass is 10.0. The molecule has 0 aliphatic heterocycles. The molecule has 1 nitrogen and oxygen atoms in total. The van der Waals surface area contributed by atoms with E-state index >= 15 is 0 Å². The molecule has 0 fully saturated rings. The van der Waals surface area contributed by atoms with Gasteiger partial charge in [-0.1, -0.05) is 0 Å². The van der Waals surface area contributed by atoms with Crippen LogP contribution >= 0.6 is 23.7 Å². The summed E-state index contributed by atoms with van der Waals surface area (Å²) in [5.41, 5.74) is 6.39. The van der Waals surface area contributed by atoms with Crippen LogP contribution in [0.4, 0.5) is 13.2 Å². The molecule has 0 bridgehead atoms. The number of hydrogen-bond donors (Lipinski definition) is 1. The first-order valence-electron chi connectivity index (χ1n) is 4.51. The van der Waals surface area contributed by atoms with Crippen molar-refractivity contribution >= 4 is 23.7 Å². The van der Waals surface area contributed by atoms with E-state index in [4.69, 9.17) is 5.73 Å². The van der Waals surface area contributed by atoms with Gasteiger partial charge in [-0.15, -0.1) is 12.4 Å². The fourth-order valence-corrected chi connectivity index (χ4v) is 2.10. The molecule has 2 N–H and O–H groups in total. The van der Waals surface area contributed by atoms with Gasteiger partial charge in [0.25, 0.3) is 0 Å².